The van der Waals surface area contributed by atoms with E-state index in [4.69, 9.17) is 0 Å². The maximum atomic E-state index is 11.1. The van der Waals surface area contributed by atoms with E-state index in [9.17, 15) is 9.18 Å². The van der Waals surface area contributed by atoms with Crippen LogP contribution >= 0.6 is 11.6 Å². The van der Waals surface area contributed by atoms with Crippen LogP contribution in [0.3, 0.4) is 0 Å². The number of carbonyl (C=O) groups excluding carboxylic acids is 1. The molecule has 6 heavy (non-hydrogen) atoms. The summed E-state index contributed by atoms with van der Waals surface area (Å²) in [6.45, 7) is 0. The highest BCUT2D eigenvalue weighted by molar-refractivity contribution is 6.19. The molecule has 0 bridgehead atoms. The molecule has 0 aliphatic rings. The van der Waals surface area contributed by atoms with E-state index >= 15 is 0 Å². The second kappa shape index (κ2) is 2.90. The largest absolute Gasteiger partial charge is 0.317 e. The Balaban J connectivity index is 2.81. The van der Waals surface area contributed by atoms with E-state index in [1.165, 1.54) is 0 Å². The quantitative estimate of drug-likeness (QED) is 0.308. The smallest absolute Gasteiger partial charge is 0.247 e. The van der Waals surface area contributed by atoms with Gasteiger partial charge in [-0.25, -0.2) is 4.39 Å². The average molecular weight is 112 g/mol. The summed E-state index contributed by atoms with van der Waals surface area (Å²) in [5.74, 6) is -1.75. The number of amides is 1. The van der Waals surface area contributed by atoms with Crippen molar-refractivity contribution in [3.63, 3.8) is 0 Å². The fraction of sp³-hybridized carbons (Fsp3) is 0.500. The van der Waals surface area contributed by atoms with E-state index in [2.05, 4.69) is 11.6 Å². The van der Waals surface area contributed by atoms with E-state index < -0.39 is 5.75 Å². The third kappa shape index (κ3) is 3.69. The minimum Gasteiger partial charge on any atom is -0.317 e. The Labute approximate surface area is 39.3 Å². The maximum Gasteiger partial charge on any atom is 0.247 e. The first-order valence-corrected chi connectivity index (χ1v) is 1.69. The Morgan fingerprint density at radius 2 is 2.50 bits per heavy atom. The molecule has 4 heteroatoms. The Hall–Kier alpha value is -0.310. The molecule has 0 aromatic carbocycles. The van der Waals surface area contributed by atoms with Gasteiger partial charge in [-0.3, -0.25) is 4.79 Å². The maximum absolute atomic E-state index is 11.1. The first kappa shape index (κ1) is 5.69. The van der Waals surface area contributed by atoms with E-state index in [0.29, 0.717) is 0 Å². The van der Waals surface area contributed by atoms with E-state index in [1.807, 2.05) is 0 Å². The first-order chi connectivity index (χ1) is 2.77. The van der Waals surface area contributed by atoms with E-state index in [-0.39, 0.29) is 6.41 Å². The SMILES string of the molecule is O=CNC(F)Cl. The van der Waals surface area contributed by atoms with Crippen molar-refractivity contribution in [1.82, 2.24) is 5.32 Å². The van der Waals surface area contributed by atoms with Gasteiger partial charge in [0.25, 0.3) is 0 Å². The van der Waals surface area contributed by atoms with Crippen LogP contribution in [0, 0.1) is 0 Å². The lowest BCUT2D eigenvalue weighted by atomic mass is 11.2. The van der Waals surface area contributed by atoms with E-state index in [0.717, 1.165) is 0 Å². The summed E-state index contributed by atoms with van der Waals surface area (Å²) >= 11 is 4.57. The van der Waals surface area contributed by atoms with Crippen LogP contribution in [-0.2, 0) is 4.79 Å². The monoisotopic (exact) mass is 111 g/mol. The second-order valence-corrected chi connectivity index (χ2v) is 0.968. The van der Waals surface area contributed by atoms with Gasteiger partial charge in [0, 0.05) is 0 Å². The molecule has 0 rings (SSSR count). The third-order valence-corrected chi connectivity index (χ3v) is 0.320. The van der Waals surface area contributed by atoms with Gasteiger partial charge in [-0.1, -0.05) is 11.6 Å². The van der Waals surface area contributed by atoms with Crippen LogP contribution < -0.4 is 5.32 Å². The number of rotatable bonds is 2. The highest BCUT2D eigenvalue weighted by Crippen LogP contribution is 1.85. The van der Waals surface area contributed by atoms with Gasteiger partial charge in [0.05, 0.1) is 0 Å². The molecule has 36 valence electrons. The van der Waals surface area contributed by atoms with Crippen molar-refractivity contribution in [3.8, 4) is 0 Å². The molecular formula is C2H3ClFNO. The van der Waals surface area contributed by atoms with Gasteiger partial charge >= 0.3 is 0 Å². The van der Waals surface area contributed by atoms with Gasteiger partial charge in [-0.2, -0.15) is 0 Å². The number of alkyl halides is 2. The lowest BCUT2D eigenvalue weighted by Gasteiger charge is -1.89. The fourth-order valence-electron chi connectivity index (χ4n) is 0.0514. The Kier molecular flexibility index (Phi) is 2.75. The zero-order valence-corrected chi connectivity index (χ0v) is 3.57. The minimum absolute atomic E-state index is 0.192. The van der Waals surface area contributed by atoms with Crippen LogP contribution in [0.2, 0.25) is 0 Å². The summed E-state index contributed by atoms with van der Waals surface area (Å²) in [6, 6.07) is 0. The van der Waals surface area contributed by atoms with Crippen molar-refractivity contribution < 1.29 is 9.18 Å². The van der Waals surface area contributed by atoms with Gasteiger partial charge in [-0.05, 0) is 0 Å². The molecule has 1 N–H and O–H groups in total. The highest BCUT2D eigenvalue weighted by Gasteiger charge is 1.89. The van der Waals surface area contributed by atoms with Gasteiger partial charge < -0.3 is 5.32 Å². The lowest BCUT2D eigenvalue weighted by molar-refractivity contribution is -0.110. The fourth-order valence-corrected chi connectivity index (χ4v) is 0.103. The second-order valence-electron chi connectivity index (χ2n) is 0.585. The Morgan fingerprint density at radius 3 is 2.50 bits per heavy atom. The molecule has 0 aliphatic heterocycles. The minimum atomic E-state index is -1.75. The lowest BCUT2D eigenvalue weighted by Crippen LogP contribution is -2.15. The molecule has 1 atom stereocenters. The van der Waals surface area contributed by atoms with Crippen LogP contribution in [0.1, 0.15) is 0 Å². The van der Waals surface area contributed by atoms with Crippen LogP contribution in [0.4, 0.5) is 4.39 Å². The topological polar surface area (TPSA) is 29.1 Å². The average Bonchev–Trinajstić information content (AvgIpc) is 1.35. The van der Waals surface area contributed by atoms with Crippen LogP contribution in [-0.4, -0.2) is 12.2 Å². The molecule has 0 saturated heterocycles. The molecule has 1 amide bonds. The zero-order valence-electron chi connectivity index (χ0n) is 2.82. The standard InChI is InChI=1S/C2H3ClFNO/c3-2(4)5-1-6/h1-2H,(H,5,6). The number of halogens is 2. The number of hydrogen-bond acceptors (Lipinski definition) is 1. The Bertz CT molecular complexity index is 48.8. The molecule has 2 nitrogen and oxygen atoms in total. The molecule has 0 radical (unpaired) electrons. The van der Waals surface area contributed by atoms with Crippen molar-refractivity contribution in [2.45, 2.75) is 5.75 Å². The van der Waals surface area contributed by atoms with Crippen molar-refractivity contribution in [2.75, 3.05) is 0 Å². The molecule has 0 saturated carbocycles. The summed E-state index contributed by atoms with van der Waals surface area (Å²) in [4.78, 5) is 9.18. The normalized spacial score (nSPS) is 13.0. The third-order valence-electron chi connectivity index (χ3n) is 0.194. The van der Waals surface area contributed by atoms with Gasteiger partial charge in [-0.15, -0.1) is 0 Å². The van der Waals surface area contributed by atoms with Crippen molar-refractivity contribution in [3.05, 3.63) is 0 Å². The van der Waals surface area contributed by atoms with Crippen molar-refractivity contribution >= 4 is 18.0 Å². The summed E-state index contributed by atoms with van der Waals surface area (Å²) in [7, 11) is 0. The van der Waals surface area contributed by atoms with E-state index in [1.54, 1.807) is 5.32 Å². The van der Waals surface area contributed by atoms with Gasteiger partial charge in [0.1, 0.15) is 0 Å². The summed E-state index contributed by atoms with van der Waals surface area (Å²) < 4.78 is 11.1. The van der Waals surface area contributed by atoms with Gasteiger partial charge in [0.15, 0.2) is 0 Å². The molecule has 0 spiro atoms. The number of carbonyl (C=O) groups is 1. The molecule has 0 aromatic rings. The van der Waals surface area contributed by atoms with Crippen LogP contribution in [0.25, 0.3) is 0 Å². The summed E-state index contributed by atoms with van der Waals surface area (Å²) in [6.07, 6.45) is 0.192. The Morgan fingerprint density at radius 1 is 2.00 bits per heavy atom. The van der Waals surface area contributed by atoms with Crippen molar-refractivity contribution in [1.29, 1.82) is 0 Å². The molecule has 0 fully saturated rings. The predicted octanol–water partition coefficient (Wildman–Crippen LogP) is 0.224. The number of nitrogens with one attached hydrogen (secondary N) is 1. The highest BCUT2D eigenvalue weighted by atomic mass is 35.5. The molecule has 0 heterocycles. The molecule has 0 aromatic heterocycles. The zero-order chi connectivity index (χ0) is 4.99. The number of hydrogen-bond donors (Lipinski definition) is 1. The molecule has 1 unspecified atom stereocenters. The molecular weight excluding hydrogens is 108 g/mol. The molecule has 0 aliphatic carbocycles. The van der Waals surface area contributed by atoms with Crippen molar-refractivity contribution in [2.24, 2.45) is 0 Å². The summed E-state index contributed by atoms with van der Waals surface area (Å²) in [5, 5.41) is 1.63. The first-order valence-electron chi connectivity index (χ1n) is 1.25. The summed E-state index contributed by atoms with van der Waals surface area (Å²) in [5.41, 5.74) is 0. The van der Waals surface area contributed by atoms with Gasteiger partial charge in [0.2, 0.25) is 12.2 Å². The van der Waals surface area contributed by atoms with Crippen LogP contribution in [0.5, 0.6) is 0 Å². The predicted molar refractivity (Wildman–Crippen MR) is 19.9 cm³/mol. The van der Waals surface area contributed by atoms with Crippen LogP contribution in [0.15, 0.2) is 0 Å².